The van der Waals surface area contributed by atoms with Crippen molar-refractivity contribution in [1.82, 2.24) is 5.32 Å². The monoisotopic (exact) mass is 129 g/mol. The van der Waals surface area contributed by atoms with Gasteiger partial charge in [0.05, 0.1) is 7.11 Å². The fourth-order valence-corrected chi connectivity index (χ4v) is 0.223. The number of hydrogen-bond acceptors (Lipinski definition) is 3. The molecule has 0 aromatic carbocycles. The molecule has 0 radical (unpaired) electrons. The average molecular weight is 129 g/mol. The Balaban J connectivity index is 3.43. The Morgan fingerprint density at radius 3 is 2.78 bits per heavy atom. The van der Waals surface area contributed by atoms with E-state index in [-0.39, 0.29) is 0 Å². The van der Waals surface area contributed by atoms with Crippen LogP contribution in [0.3, 0.4) is 0 Å². The molecule has 1 amide bonds. The van der Waals surface area contributed by atoms with Gasteiger partial charge in [-0.15, -0.1) is 0 Å². The number of carbonyl (C=O) groups excluding carboxylic acids is 2. The van der Waals surface area contributed by atoms with Crippen molar-refractivity contribution in [3.8, 4) is 0 Å². The summed E-state index contributed by atoms with van der Waals surface area (Å²) in [6, 6.07) is 0. The lowest BCUT2D eigenvalue weighted by Crippen LogP contribution is -2.02. The van der Waals surface area contributed by atoms with Crippen LogP contribution in [-0.2, 0) is 14.3 Å². The van der Waals surface area contributed by atoms with Gasteiger partial charge >= 0.3 is 5.97 Å². The van der Waals surface area contributed by atoms with Crippen LogP contribution in [0, 0.1) is 0 Å². The molecular weight excluding hydrogens is 122 g/mol. The van der Waals surface area contributed by atoms with Crippen molar-refractivity contribution in [2.24, 2.45) is 0 Å². The first-order valence-corrected chi connectivity index (χ1v) is 2.25. The third-order valence-electron chi connectivity index (χ3n) is 0.585. The second-order valence-electron chi connectivity index (χ2n) is 1.14. The molecular formula is C5H7NO3. The van der Waals surface area contributed by atoms with Crippen molar-refractivity contribution in [3.05, 3.63) is 12.3 Å². The molecule has 0 fully saturated rings. The predicted molar refractivity (Wildman–Crippen MR) is 30.4 cm³/mol. The summed E-state index contributed by atoms with van der Waals surface area (Å²) in [5.74, 6) is -0.496. The number of amides is 1. The summed E-state index contributed by atoms with van der Waals surface area (Å²) in [5, 5.41) is 2.15. The van der Waals surface area contributed by atoms with Crippen molar-refractivity contribution in [2.75, 3.05) is 7.11 Å². The van der Waals surface area contributed by atoms with Crippen LogP contribution in [0.1, 0.15) is 0 Å². The number of hydrogen-bond donors (Lipinski definition) is 1. The summed E-state index contributed by atoms with van der Waals surface area (Å²) in [5.41, 5.74) is 0. The second kappa shape index (κ2) is 4.83. The zero-order valence-electron chi connectivity index (χ0n) is 4.96. The van der Waals surface area contributed by atoms with Crippen LogP contribution in [-0.4, -0.2) is 19.5 Å². The van der Waals surface area contributed by atoms with Gasteiger partial charge in [-0.2, -0.15) is 0 Å². The van der Waals surface area contributed by atoms with E-state index in [1.54, 1.807) is 0 Å². The predicted octanol–water partition coefficient (Wildman–Crippen LogP) is -0.581. The first-order valence-electron chi connectivity index (χ1n) is 2.25. The van der Waals surface area contributed by atoms with Gasteiger partial charge in [-0.3, -0.25) is 4.79 Å². The highest BCUT2D eigenvalue weighted by atomic mass is 16.5. The van der Waals surface area contributed by atoms with Crippen LogP contribution in [0.4, 0.5) is 0 Å². The van der Waals surface area contributed by atoms with Gasteiger partial charge in [0, 0.05) is 12.3 Å². The Labute approximate surface area is 52.5 Å². The van der Waals surface area contributed by atoms with E-state index in [0.717, 1.165) is 6.08 Å². The maximum absolute atomic E-state index is 10.2. The van der Waals surface area contributed by atoms with Crippen molar-refractivity contribution in [3.63, 3.8) is 0 Å². The molecule has 0 saturated carbocycles. The largest absolute Gasteiger partial charge is 0.466 e. The molecule has 0 aliphatic heterocycles. The van der Waals surface area contributed by atoms with Gasteiger partial charge in [0.25, 0.3) is 0 Å². The minimum absolute atomic E-state index is 0.458. The minimum Gasteiger partial charge on any atom is -0.466 e. The topological polar surface area (TPSA) is 55.4 Å². The van der Waals surface area contributed by atoms with Crippen LogP contribution >= 0.6 is 0 Å². The quantitative estimate of drug-likeness (QED) is 0.315. The van der Waals surface area contributed by atoms with Crippen molar-refractivity contribution in [2.45, 2.75) is 0 Å². The van der Waals surface area contributed by atoms with E-state index in [2.05, 4.69) is 10.1 Å². The molecule has 0 unspecified atom stereocenters. The van der Waals surface area contributed by atoms with E-state index < -0.39 is 5.97 Å². The number of rotatable bonds is 3. The van der Waals surface area contributed by atoms with Crippen LogP contribution in [0.2, 0.25) is 0 Å². The Kier molecular flexibility index (Phi) is 4.12. The highest BCUT2D eigenvalue weighted by Gasteiger charge is 1.86. The van der Waals surface area contributed by atoms with Gasteiger partial charge in [0.1, 0.15) is 0 Å². The summed E-state index contributed by atoms with van der Waals surface area (Å²) < 4.78 is 4.22. The van der Waals surface area contributed by atoms with Gasteiger partial charge in [-0.25, -0.2) is 4.79 Å². The molecule has 0 atom stereocenters. The third kappa shape index (κ3) is 4.53. The van der Waals surface area contributed by atoms with Gasteiger partial charge < -0.3 is 10.1 Å². The minimum atomic E-state index is -0.496. The highest BCUT2D eigenvalue weighted by Crippen LogP contribution is 1.72. The maximum Gasteiger partial charge on any atom is 0.331 e. The van der Waals surface area contributed by atoms with E-state index in [1.165, 1.54) is 13.3 Å². The number of nitrogens with one attached hydrogen (secondary N) is 1. The Morgan fingerprint density at radius 1 is 1.67 bits per heavy atom. The summed E-state index contributed by atoms with van der Waals surface area (Å²) >= 11 is 0. The lowest BCUT2D eigenvalue weighted by molar-refractivity contribution is -0.134. The Bertz CT molecular complexity index is 130. The third-order valence-corrected chi connectivity index (χ3v) is 0.585. The summed E-state index contributed by atoms with van der Waals surface area (Å²) in [6.07, 6.45) is 2.76. The van der Waals surface area contributed by atoms with Crippen molar-refractivity contribution >= 4 is 12.4 Å². The summed E-state index contributed by atoms with van der Waals surface area (Å²) in [4.78, 5) is 19.8. The molecule has 0 saturated heterocycles. The van der Waals surface area contributed by atoms with E-state index in [1.807, 2.05) is 0 Å². The number of ether oxygens (including phenoxy) is 1. The molecule has 0 aromatic heterocycles. The van der Waals surface area contributed by atoms with E-state index in [0.29, 0.717) is 6.41 Å². The molecule has 0 bridgehead atoms. The van der Waals surface area contributed by atoms with Crippen molar-refractivity contribution < 1.29 is 14.3 Å². The average Bonchev–Trinajstić information content (AvgIpc) is 1.89. The molecule has 0 heterocycles. The fourth-order valence-electron chi connectivity index (χ4n) is 0.223. The normalized spacial score (nSPS) is 9.00. The molecule has 0 aliphatic rings. The highest BCUT2D eigenvalue weighted by molar-refractivity contribution is 5.81. The number of methoxy groups -OCH3 is 1. The maximum atomic E-state index is 10.2. The van der Waals surface area contributed by atoms with E-state index in [9.17, 15) is 9.59 Å². The van der Waals surface area contributed by atoms with Crippen LogP contribution in [0.15, 0.2) is 12.3 Å². The SMILES string of the molecule is COC(=O)C=CNC=O. The first-order chi connectivity index (χ1) is 4.31. The first kappa shape index (κ1) is 7.68. The summed E-state index contributed by atoms with van der Waals surface area (Å²) in [7, 11) is 1.26. The van der Waals surface area contributed by atoms with Gasteiger partial charge in [0.2, 0.25) is 6.41 Å². The second-order valence-corrected chi connectivity index (χ2v) is 1.14. The van der Waals surface area contributed by atoms with Crippen LogP contribution < -0.4 is 5.32 Å². The number of carbonyl (C=O) groups is 2. The molecule has 4 nitrogen and oxygen atoms in total. The number of esters is 1. The van der Waals surface area contributed by atoms with Gasteiger partial charge in [-0.05, 0) is 0 Å². The standard InChI is InChI=1S/C5H7NO3/c1-9-5(8)2-3-6-4-7/h2-4H,1H3,(H,6,7). The Hall–Kier alpha value is -1.32. The molecule has 4 heteroatoms. The van der Waals surface area contributed by atoms with E-state index >= 15 is 0 Å². The smallest absolute Gasteiger partial charge is 0.331 e. The zero-order chi connectivity index (χ0) is 7.11. The fraction of sp³-hybridized carbons (Fsp3) is 0.200. The molecule has 9 heavy (non-hydrogen) atoms. The molecule has 0 spiro atoms. The van der Waals surface area contributed by atoms with Gasteiger partial charge in [-0.1, -0.05) is 0 Å². The molecule has 0 aromatic rings. The van der Waals surface area contributed by atoms with Crippen LogP contribution in [0.25, 0.3) is 0 Å². The van der Waals surface area contributed by atoms with E-state index in [4.69, 9.17) is 0 Å². The lowest BCUT2D eigenvalue weighted by atomic mass is 10.6. The summed E-state index contributed by atoms with van der Waals surface area (Å²) in [6.45, 7) is 0. The molecule has 50 valence electrons. The van der Waals surface area contributed by atoms with Gasteiger partial charge in [0.15, 0.2) is 0 Å². The lowest BCUT2D eigenvalue weighted by Gasteiger charge is -1.87. The van der Waals surface area contributed by atoms with Crippen LogP contribution in [0.5, 0.6) is 0 Å². The Morgan fingerprint density at radius 2 is 2.33 bits per heavy atom. The molecule has 1 N–H and O–H groups in total. The van der Waals surface area contributed by atoms with Crippen molar-refractivity contribution in [1.29, 1.82) is 0 Å². The molecule has 0 aliphatic carbocycles. The zero-order valence-corrected chi connectivity index (χ0v) is 4.96. The molecule has 0 rings (SSSR count).